The van der Waals surface area contributed by atoms with Crippen molar-refractivity contribution in [2.45, 2.75) is 32.6 Å². The molecule has 23 heavy (non-hydrogen) atoms. The molecule has 2 atom stereocenters. The molecule has 2 aromatic rings. The number of rotatable bonds is 5. The molecule has 1 N–H and O–H groups in total. The maximum Gasteiger partial charge on any atom is 0.243 e. The quantitative estimate of drug-likeness (QED) is 0.657. The average Bonchev–Trinajstić information content (AvgIpc) is 3.38. The number of nitrogens with zero attached hydrogens (tertiary/aromatic N) is 1. The predicted octanol–water partition coefficient (Wildman–Crippen LogP) is 4.03. The van der Waals surface area contributed by atoms with E-state index in [4.69, 9.17) is 0 Å². The normalized spacial score (nSPS) is 20.2. The highest BCUT2D eigenvalue weighted by atomic mass is 16.2. The molecule has 1 aliphatic rings. The van der Waals surface area contributed by atoms with Crippen LogP contribution in [0.15, 0.2) is 59.7 Å². The van der Waals surface area contributed by atoms with Crippen LogP contribution in [0.4, 0.5) is 0 Å². The highest BCUT2D eigenvalue weighted by Crippen LogP contribution is 2.47. The Morgan fingerprint density at radius 3 is 2.48 bits per heavy atom. The lowest BCUT2D eigenvalue weighted by atomic mass is 10.1. The van der Waals surface area contributed by atoms with Gasteiger partial charge in [0.05, 0.1) is 5.71 Å². The molecular formula is C20H22N2O. The molecule has 1 amide bonds. The van der Waals surface area contributed by atoms with Gasteiger partial charge in [-0.1, -0.05) is 67.1 Å². The molecule has 0 spiro atoms. The summed E-state index contributed by atoms with van der Waals surface area (Å²) in [4.78, 5) is 12.3. The first-order valence-corrected chi connectivity index (χ1v) is 8.17. The van der Waals surface area contributed by atoms with Crippen molar-refractivity contribution in [2.75, 3.05) is 0 Å². The number of hydrogen-bond acceptors (Lipinski definition) is 2. The maximum absolute atomic E-state index is 12.3. The van der Waals surface area contributed by atoms with Crippen molar-refractivity contribution in [3.05, 3.63) is 71.3 Å². The molecule has 0 unspecified atom stereocenters. The molecule has 3 rings (SSSR count). The van der Waals surface area contributed by atoms with Gasteiger partial charge in [-0.2, -0.15) is 5.10 Å². The number of benzene rings is 2. The monoisotopic (exact) mass is 306 g/mol. The second-order valence-electron chi connectivity index (χ2n) is 6.11. The number of carbonyl (C=O) groups excluding carboxylic acids is 1. The van der Waals surface area contributed by atoms with E-state index in [-0.39, 0.29) is 11.8 Å². The van der Waals surface area contributed by atoms with Gasteiger partial charge in [0, 0.05) is 5.92 Å². The minimum atomic E-state index is 0.0249. The first-order chi connectivity index (χ1) is 11.2. The maximum atomic E-state index is 12.3. The standard InChI is InChI=1S/C20H22N2O/c1-3-19(16-11-9-14(2)10-12-16)21-22-20(23)18-13-17(18)15-7-5-4-6-8-15/h4-12,17-18H,3,13H2,1-2H3,(H,22,23)/b21-19-/t17-,18-/m0/s1. The van der Waals surface area contributed by atoms with E-state index in [0.29, 0.717) is 5.92 Å². The molecule has 118 valence electrons. The van der Waals surface area contributed by atoms with Crippen molar-refractivity contribution in [1.82, 2.24) is 5.43 Å². The molecule has 0 bridgehead atoms. The van der Waals surface area contributed by atoms with Gasteiger partial charge in [-0.05, 0) is 36.8 Å². The fraction of sp³-hybridized carbons (Fsp3) is 0.300. The van der Waals surface area contributed by atoms with Gasteiger partial charge in [0.25, 0.3) is 0 Å². The summed E-state index contributed by atoms with van der Waals surface area (Å²) in [7, 11) is 0. The number of carbonyl (C=O) groups is 1. The Labute approximate surface area is 137 Å². The summed E-state index contributed by atoms with van der Waals surface area (Å²) in [5, 5.41) is 4.35. The molecule has 3 nitrogen and oxygen atoms in total. The van der Waals surface area contributed by atoms with Crippen molar-refractivity contribution in [3.8, 4) is 0 Å². The van der Waals surface area contributed by atoms with Gasteiger partial charge in [-0.15, -0.1) is 0 Å². The van der Waals surface area contributed by atoms with Gasteiger partial charge in [0.1, 0.15) is 0 Å². The van der Waals surface area contributed by atoms with Crippen LogP contribution >= 0.6 is 0 Å². The van der Waals surface area contributed by atoms with Crippen molar-refractivity contribution in [1.29, 1.82) is 0 Å². The molecule has 0 heterocycles. The smallest absolute Gasteiger partial charge is 0.243 e. The van der Waals surface area contributed by atoms with Crippen molar-refractivity contribution in [3.63, 3.8) is 0 Å². The zero-order chi connectivity index (χ0) is 16.2. The third-order valence-corrected chi connectivity index (χ3v) is 4.38. The van der Waals surface area contributed by atoms with Crippen LogP contribution in [-0.2, 0) is 4.79 Å². The summed E-state index contributed by atoms with van der Waals surface area (Å²) in [5.74, 6) is 0.421. The lowest BCUT2D eigenvalue weighted by molar-refractivity contribution is -0.122. The van der Waals surface area contributed by atoms with Crippen molar-refractivity contribution in [2.24, 2.45) is 11.0 Å². The van der Waals surface area contributed by atoms with E-state index in [1.54, 1.807) is 0 Å². The highest BCUT2D eigenvalue weighted by Gasteiger charge is 2.43. The van der Waals surface area contributed by atoms with Crippen LogP contribution in [0.3, 0.4) is 0 Å². The Bertz CT molecular complexity index is 704. The highest BCUT2D eigenvalue weighted by molar-refractivity contribution is 6.01. The van der Waals surface area contributed by atoms with Gasteiger partial charge < -0.3 is 0 Å². The Balaban J connectivity index is 1.63. The van der Waals surface area contributed by atoms with E-state index in [2.05, 4.69) is 48.6 Å². The van der Waals surface area contributed by atoms with E-state index in [9.17, 15) is 4.79 Å². The average molecular weight is 306 g/mol. The molecule has 0 radical (unpaired) electrons. The summed E-state index contributed by atoms with van der Waals surface area (Å²) in [6, 6.07) is 18.4. The van der Waals surface area contributed by atoms with Crippen LogP contribution in [0.25, 0.3) is 0 Å². The van der Waals surface area contributed by atoms with E-state index in [1.165, 1.54) is 11.1 Å². The summed E-state index contributed by atoms with van der Waals surface area (Å²) in [5.41, 5.74) is 7.19. The minimum Gasteiger partial charge on any atom is -0.273 e. The molecule has 3 heteroatoms. The second kappa shape index (κ2) is 6.78. The first-order valence-electron chi connectivity index (χ1n) is 8.17. The van der Waals surface area contributed by atoms with Crippen molar-refractivity contribution >= 4 is 11.6 Å². The fourth-order valence-corrected chi connectivity index (χ4v) is 2.85. The van der Waals surface area contributed by atoms with Gasteiger partial charge in [-0.25, -0.2) is 5.43 Å². The van der Waals surface area contributed by atoms with Gasteiger partial charge >= 0.3 is 0 Å². The largest absolute Gasteiger partial charge is 0.273 e. The number of amides is 1. The molecule has 0 aromatic heterocycles. The van der Waals surface area contributed by atoms with E-state index >= 15 is 0 Å². The predicted molar refractivity (Wildman–Crippen MR) is 93.4 cm³/mol. The summed E-state index contributed by atoms with van der Waals surface area (Å²) >= 11 is 0. The van der Waals surface area contributed by atoms with Crippen LogP contribution in [0.1, 0.15) is 42.4 Å². The summed E-state index contributed by atoms with van der Waals surface area (Å²) in [6.07, 6.45) is 1.70. The lowest BCUT2D eigenvalue weighted by Gasteiger charge is -2.06. The van der Waals surface area contributed by atoms with E-state index in [1.807, 2.05) is 30.3 Å². The Morgan fingerprint density at radius 1 is 1.13 bits per heavy atom. The molecule has 1 aliphatic carbocycles. The molecule has 1 saturated carbocycles. The number of nitrogens with one attached hydrogen (secondary N) is 1. The van der Waals surface area contributed by atoms with Crippen LogP contribution in [0, 0.1) is 12.8 Å². The van der Waals surface area contributed by atoms with Crippen LogP contribution in [0.2, 0.25) is 0 Å². The first kappa shape index (κ1) is 15.5. The Hall–Kier alpha value is -2.42. The van der Waals surface area contributed by atoms with Crippen LogP contribution in [-0.4, -0.2) is 11.6 Å². The zero-order valence-corrected chi connectivity index (χ0v) is 13.6. The third-order valence-electron chi connectivity index (χ3n) is 4.38. The Kier molecular flexibility index (Phi) is 4.56. The van der Waals surface area contributed by atoms with Gasteiger partial charge in [0.2, 0.25) is 5.91 Å². The summed E-state index contributed by atoms with van der Waals surface area (Å²) < 4.78 is 0. The molecule has 1 fully saturated rings. The van der Waals surface area contributed by atoms with Crippen LogP contribution in [0.5, 0.6) is 0 Å². The molecule has 0 aliphatic heterocycles. The van der Waals surface area contributed by atoms with E-state index in [0.717, 1.165) is 24.1 Å². The SMILES string of the molecule is CC/C(=N/NC(=O)[C@H]1C[C@H]1c1ccccc1)c1ccc(C)cc1. The van der Waals surface area contributed by atoms with Gasteiger partial charge in [-0.3, -0.25) is 4.79 Å². The number of hydrazone groups is 1. The van der Waals surface area contributed by atoms with Crippen LogP contribution < -0.4 is 5.43 Å². The zero-order valence-electron chi connectivity index (χ0n) is 13.6. The second-order valence-corrected chi connectivity index (χ2v) is 6.11. The number of hydrogen-bond donors (Lipinski definition) is 1. The fourth-order valence-electron chi connectivity index (χ4n) is 2.85. The molecule has 2 aromatic carbocycles. The van der Waals surface area contributed by atoms with Gasteiger partial charge in [0.15, 0.2) is 0 Å². The van der Waals surface area contributed by atoms with Crippen molar-refractivity contribution < 1.29 is 4.79 Å². The number of aryl methyl sites for hydroxylation is 1. The van der Waals surface area contributed by atoms with E-state index < -0.39 is 0 Å². The summed E-state index contributed by atoms with van der Waals surface area (Å²) in [6.45, 7) is 4.11. The lowest BCUT2D eigenvalue weighted by Crippen LogP contribution is -2.22. The molecule has 0 saturated heterocycles. The third kappa shape index (κ3) is 3.67. The molecular weight excluding hydrogens is 284 g/mol. The topological polar surface area (TPSA) is 41.5 Å². The Morgan fingerprint density at radius 2 is 1.83 bits per heavy atom. The minimum absolute atomic E-state index is 0.0249.